The minimum Gasteiger partial charge on any atom is -0.349 e. The quantitative estimate of drug-likeness (QED) is 0.432. The van der Waals surface area contributed by atoms with Crippen molar-refractivity contribution in [3.63, 3.8) is 0 Å². The predicted octanol–water partition coefficient (Wildman–Crippen LogP) is 4.70. The van der Waals surface area contributed by atoms with Gasteiger partial charge in [-0.1, -0.05) is 18.2 Å². The van der Waals surface area contributed by atoms with E-state index in [1.54, 1.807) is 53.2 Å². The number of nitrogens with zero attached hydrogens (tertiary/aromatic N) is 2. The molecule has 0 unspecified atom stereocenters. The van der Waals surface area contributed by atoms with Crippen LogP contribution in [0.2, 0.25) is 0 Å². The second-order valence-electron chi connectivity index (χ2n) is 6.80. The highest BCUT2D eigenvalue weighted by Gasteiger charge is 2.19. The molecule has 0 bridgehead atoms. The Balaban J connectivity index is 1.64. The Kier molecular flexibility index (Phi) is 5.64. The minimum absolute atomic E-state index is 0.296. The Hall–Kier alpha value is -3.78. The highest BCUT2D eigenvalue weighted by atomic mass is 32.1. The third-order valence-corrected chi connectivity index (χ3v) is 5.78. The number of hydrogen-bond donors (Lipinski definition) is 2. The van der Waals surface area contributed by atoms with Crippen molar-refractivity contribution in [3.05, 3.63) is 89.2 Å². The zero-order chi connectivity index (χ0) is 22.0. The molecule has 4 aromatic rings. The van der Waals surface area contributed by atoms with Gasteiger partial charge in [-0.2, -0.15) is 5.10 Å². The van der Waals surface area contributed by atoms with Gasteiger partial charge in [0, 0.05) is 11.9 Å². The van der Waals surface area contributed by atoms with Gasteiger partial charge in [-0.25, -0.2) is 9.07 Å². The first-order valence-electron chi connectivity index (χ1n) is 9.52. The van der Waals surface area contributed by atoms with Crippen LogP contribution in [0.25, 0.3) is 15.9 Å². The summed E-state index contributed by atoms with van der Waals surface area (Å²) in [7, 11) is 0. The van der Waals surface area contributed by atoms with Crippen LogP contribution in [-0.2, 0) is 0 Å². The van der Waals surface area contributed by atoms with Crippen LogP contribution in [0.3, 0.4) is 0 Å². The molecule has 0 saturated heterocycles. The van der Waals surface area contributed by atoms with Crippen LogP contribution < -0.4 is 10.6 Å². The average Bonchev–Trinajstić information content (AvgIpc) is 3.34. The molecule has 2 heterocycles. The summed E-state index contributed by atoms with van der Waals surface area (Å²) < 4.78 is 15.0. The number of carbonyl (C=O) groups is 2. The Bertz CT molecular complexity index is 1290. The maximum atomic E-state index is 13.3. The van der Waals surface area contributed by atoms with Crippen molar-refractivity contribution in [1.29, 1.82) is 0 Å². The largest absolute Gasteiger partial charge is 0.349 e. The molecule has 0 radical (unpaired) electrons. The lowest BCUT2D eigenvalue weighted by molar-refractivity contribution is 0.0959. The molecule has 31 heavy (non-hydrogen) atoms. The summed E-state index contributed by atoms with van der Waals surface area (Å²) >= 11 is 1.28. The normalized spacial score (nSPS) is 10.8. The van der Waals surface area contributed by atoms with Gasteiger partial charge in [-0.05, 0) is 49.4 Å². The lowest BCUT2D eigenvalue weighted by Gasteiger charge is -2.10. The molecule has 0 aliphatic heterocycles. The predicted molar refractivity (Wildman–Crippen MR) is 121 cm³/mol. The Labute approximate surface area is 182 Å². The zero-order valence-corrected chi connectivity index (χ0v) is 17.5. The second-order valence-corrected chi connectivity index (χ2v) is 7.83. The molecule has 0 spiro atoms. The van der Waals surface area contributed by atoms with E-state index in [4.69, 9.17) is 0 Å². The summed E-state index contributed by atoms with van der Waals surface area (Å²) in [6.07, 6.45) is 1.59. The molecule has 2 amide bonds. The SMILES string of the molecule is C=CCNC(=O)c1ccccc1NC(=O)c1cc2c(C)nn(-c3ccc(F)cc3)c2s1. The van der Waals surface area contributed by atoms with Gasteiger partial charge < -0.3 is 10.6 Å². The maximum absolute atomic E-state index is 13.3. The number of fused-ring (bicyclic) bond motifs is 1. The van der Waals surface area contributed by atoms with Crippen LogP contribution in [0.1, 0.15) is 25.7 Å². The van der Waals surface area contributed by atoms with Crippen LogP contribution in [0.4, 0.5) is 10.1 Å². The molecule has 0 aliphatic carbocycles. The van der Waals surface area contributed by atoms with Crippen LogP contribution in [0.15, 0.2) is 67.3 Å². The number of rotatable bonds is 6. The van der Waals surface area contributed by atoms with Gasteiger partial charge in [0.2, 0.25) is 0 Å². The highest BCUT2D eigenvalue weighted by Crippen LogP contribution is 2.31. The van der Waals surface area contributed by atoms with Gasteiger partial charge in [0.1, 0.15) is 10.6 Å². The number of hydrogen-bond acceptors (Lipinski definition) is 4. The Morgan fingerprint density at radius 3 is 2.65 bits per heavy atom. The summed E-state index contributed by atoms with van der Waals surface area (Å²) in [5.41, 5.74) is 2.26. The number of nitrogens with one attached hydrogen (secondary N) is 2. The maximum Gasteiger partial charge on any atom is 0.265 e. The van der Waals surface area contributed by atoms with Crippen molar-refractivity contribution < 1.29 is 14.0 Å². The molecule has 6 nitrogen and oxygen atoms in total. The van der Waals surface area contributed by atoms with E-state index in [0.717, 1.165) is 15.9 Å². The van der Waals surface area contributed by atoms with Gasteiger partial charge in [-0.15, -0.1) is 17.9 Å². The summed E-state index contributed by atoms with van der Waals surface area (Å²) in [5, 5.41) is 10.9. The van der Waals surface area contributed by atoms with E-state index < -0.39 is 0 Å². The van der Waals surface area contributed by atoms with E-state index in [1.807, 2.05) is 6.92 Å². The summed E-state index contributed by atoms with van der Waals surface area (Å²) in [6, 6.07) is 14.6. The number of benzene rings is 2. The van der Waals surface area contributed by atoms with Crippen LogP contribution in [0.5, 0.6) is 0 Å². The number of aryl methyl sites for hydroxylation is 1. The third-order valence-electron chi connectivity index (χ3n) is 4.67. The molecule has 2 aromatic carbocycles. The van der Waals surface area contributed by atoms with Crippen LogP contribution in [-0.4, -0.2) is 28.1 Å². The molecular formula is C23H19FN4O2S. The molecule has 2 aromatic heterocycles. The summed E-state index contributed by atoms with van der Waals surface area (Å²) in [6.45, 7) is 5.77. The molecule has 4 rings (SSSR count). The van der Waals surface area contributed by atoms with E-state index in [1.165, 1.54) is 23.5 Å². The van der Waals surface area contributed by atoms with Gasteiger partial charge in [-0.3, -0.25) is 9.59 Å². The smallest absolute Gasteiger partial charge is 0.265 e. The topological polar surface area (TPSA) is 76.0 Å². The monoisotopic (exact) mass is 434 g/mol. The lowest BCUT2D eigenvalue weighted by atomic mass is 10.1. The molecule has 2 N–H and O–H groups in total. The Morgan fingerprint density at radius 2 is 1.90 bits per heavy atom. The van der Waals surface area contributed by atoms with E-state index >= 15 is 0 Å². The fourth-order valence-electron chi connectivity index (χ4n) is 3.15. The number of amides is 2. The summed E-state index contributed by atoms with van der Waals surface area (Å²) in [4.78, 5) is 26.6. The molecular weight excluding hydrogens is 415 g/mol. The average molecular weight is 434 g/mol. The standard InChI is InChI=1S/C23H19FN4O2S/c1-3-12-25-21(29)17-6-4-5-7-19(17)26-22(30)20-13-18-14(2)27-28(23(18)31-20)16-10-8-15(24)9-11-16/h3-11,13H,1,12H2,2H3,(H,25,29)(H,26,30). The van der Waals surface area contributed by atoms with Gasteiger partial charge in [0.05, 0.1) is 27.5 Å². The third kappa shape index (κ3) is 4.10. The van der Waals surface area contributed by atoms with Gasteiger partial charge in [0.15, 0.2) is 0 Å². The fourth-order valence-corrected chi connectivity index (χ4v) is 4.23. The van der Waals surface area contributed by atoms with Crippen molar-refractivity contribution in [1.82, 2.24) is 15.1 Å². The molecule has 156 valence electrons. The lowest BCUT2D eigenvalue weighted by Crippen LogP contribution is -2.25. The number of aromatic nitrogens is 2. The number of carbonyl (C=O) groups excluding carboxylic acids is 2. The molecule has 0 aliphatic rings. The van der Waals surface area contributed by atoms with Crippen molar-refractivity contribution in [2.75, 3.05) is 11.9 Å². The molecule has 8 heteroatoms. The van der Waals surface area contributed by atoms with E-state index in [2.05, 4.69) is 22.3 Å². The second kappa shape index (κ2) is 8.53. The number of thiophene rings is 1. The molecule has 0 atom stereocenters. The number of halogens is 1. The van der Waals surface area contributed by atoms with Gasteiger partial charge in [0.25, 0.3) is 11.8 Å². The summed E-state index contributed by atoms with van der Waals surface area (Å²) in [5.74, 6) is -0.948. The first-order chi connectivity index (χ1) is 15.0. The van der Waals surface area contributed by atoms with Crippen molar-refractivity contribution >= 4 is 39.1 Å². The first-order valence-corrected chi connectivity index (χ1v) is 10.3. The highest BCUT2D eigenvalue weighted by molar-refractivity contribution is 7.20. The minimum atomic E-state index is -0.328. The Morgan fingerprint density at radius 1 is 1.16 bits per heavy atom. The molecule has 0 saturated carbocycles. The van der Waals surface area contributed by atoms with E-state index in [9.17, 15) is 14.0 Å². The number of para-hydroxylation sites is 1. The van der Waals surface area contributed by atoms with Crippen molar-refractivity contribution in [2.24, 2.45) is 0 Å². The first kappa shape index (κ1) is 20.5. The van der Waals surface area contributed by atoms with E-state index in [-0.39, 0.29) is 17.6 Å². The van der Waals surface area contributed by atoms with Crippen LogP contribution >= 0.6 is 11.3 Å². The van der Waals surface area contributed by atoms with Crippen molar-refractivity contribution in [2.45, 2.75) is 6.92 Å². The zero-order valence-electron chi connectivity index (χ0n) is 16.7. The van der Waals surface area contributed by atoms with E-state index in [0.29, 0.717) is 28.4 Å². The van der Waals surface area contributed by atoms with Crippen molar-refractivity contribution in [3.8, 4) is 5.69 Å². The number of anilines is 1. The molecule has 0 fully saturated rings. The fraction of sp³-hybridized carbons (Fsp3) is 0.0870. The van der Waals surface area contributed by atoms with Gasteiger partial charge >= 0.3 is 0 Å². The van der Waals surface area contributed by atoms with Crippen LogP contribution in [0, 0.1) is 12.7 Å².